The number of carbonyl (C=O) groups excluding carboxylic acids is 1. The van der Waals surface area contributed by atoms with Crippen LogP contribution in [0.5, 0.6) is 5.75 Å². The number of aliphatic hydroxyl groups excluding tert-OH is 1. The number of aliphatic hydroxyl groups is 1. The fourth-order valence-corrected chi connectivity index (χ4v) is 4.99. The number of hydrogen-bond donors (Lipinski definition) is 2. The largest absolute Gasteiger partial charge is 0.487 e. The molecule has 1 amide bonds. The molecule has 1 aliphatic carbocycles. The quantitative estimate of drug-likeness (QED) is 0.624. The van der Waals surface area contributed by atoms with Crippen LogP contribution in [0, 0.1) is 5.82 Å². The molecule has 1 fully saturated rings. The molecule has 1 saturated carbocycles. The summed E-state index contributed by atoms with van der Waals surface area (Å²) in [5, 5.41) is 18.6. The van der Waals surface area contributed by atoms with Crippen LogP contribution in [0.25, 0.3) is 0 Å². The molecule has 2 N–H and O–H groups in total. The van der Waals surface area contributed by atoms with Crippen LogP contribution in [0.1, 0.15) is 28.0 Å². The van der Waals surface area contributed by atoms with Crippen LogP contribution in [0.15, 0.2) is 60.8 Å². The Morgan fingerprint density at radius 3 is 2.76 bits per heavy atom. The Hall–Kier alpha value is -3.23. The standard InChI is InChI=1S/C25H27FN4O3/c1-29-11-10-20(28-29)25(32)27-21-14-22(33-19-8-4-7-18(26)13-19)24(31)23(21)30-12-9-16-5-2-3-6-17(16)15-30/h2-8,10-11,13,21-24,31H,9,12,14-15H2,1H3,(H,27,32)/t21-,22-,23+,24+/m1/s1. The van der Waals surface area contributed by atoms with E-state index in [1.807, 2.05) is 12.1 Å². The lowest BCUT2D eigenvalue weighted by Crippen LogP contribution is -2.54. The third-order valence-electron chi connectivity index (χ3n) is 6.56. The third kappa shape index (κ3) is 4.49. The monoisotopic (exact) mass is 450 g/mol. The van der Waals surface area contributed by atoms with Gasteiger partial charge in [0, 0.05) is 38.8 Å². The summed E-state index contributed by atoms with van der Waals surface area (Å²) in [7, 11) is 1.76. The number of ether oxygens (including phenoxy) is 1. The summed E-state index contributed by atoms with van der Waals surface area (Å²) in [6, 6.07) is 15.2. The highest BCUT2D eigenvalue weighted by molar-refractivity contribution is 5.92. The Bertz CT molecular complexity index is 1150. The SMILES string of the molecule is Cn1ccc(C(=O)N[C@@H]2C[C@@H](Oc3cccc(F)c3)[C@H](O)[C@H]2N2CCc3ccccc3C2)n1. The molecule has 0 spiro atoms. The van der Waals surface area contributed by atoms with E-state index in [2.05, 4.69) is 27.4 Å². The first-order valence-electron chi connectivity index (χ1n) is 11.2. The van der Waals surface area contributed by atoms with Gasteiger partial charge in [-0.2, -0.15) is 5.10 Å². The maximum absolute atomic E-state index is 13.7. The van der Waals surface area contributed by atoms with Gasteiger partial charge in [0.1, 0.15) is 29.5 Å². The first-order chi connectivity index (χ1) is 16.0. The van der Waals surface area contributed by atoms with Gasteiger partial charge in [0.15, 0.2) is 0 Å². The van der Waals surface area contributed by atoms with E-state index in [0.717, 1.165) is 13.0 Å². The van der Waals surface area contributed by atoms with Crippen LogP contribution in [0.2, 0.25) is 0 Å². The number of hydrogen-bond acceptors (Lipinski definition) is 5. The molecule has 5 rings (SSSR count). The lowest BCUT2D eigenvalue weighted by Gasteiger charge is -2.38. The van der Waals surface area contributed by atoms with Crippen molar-refractivity contribution in [3.8, 4) is 5.75 Å². The topological polar surface area (TPSA) is 79.6 Å². The van der Waals surface area contributed by atoms with Crippen LogP contribution in [-0.4, -0.2) is 56.5 Å². The zero-order valence-electron chi connectivity index (χ0n) is 18.4. The second-order valence-electron chi connectivity index (χ2n) is 8.77. The molecule has 0 unspecified atom stereocenters. The second-order valence-corrected chi connectivity index (χ2v) is 8.77. The van der Waals surface area contributed by atoms with Crippen LogP contribution < -0.4 is 10.1 Å². The summed E-state index contributed by atoms with van der Waals surface area (Å²) in [6.07, 6.45) is 1.55. The van der Waals surface area contributed by atoms with Gasteiger partial charge in [-0.15, -0.1) is 0 Å². The maximum Gasteiger partial charge on any atom is 0.272 e. The smallest absolute Gasteiger partial charge is 0.272 e. The highest BCUT2D eigenvalue weighted by Crippen LogP contribution is 2.32. The lowest BCUT2D eigenvalue weighted by molar-refractivity contribution is 0.00249. The summed E-state index contributed by atoms with van der Waals surface area (Å²) >= 11 is 0. The lowest BCUT2D eigenvalue weighted by atomic mass is 9.97. The van der Waals surface area contributed by atoms with Gasteiger partial charge in [0.05, 0.1) is 12.1 Å². The fraction of sp³-hybridized carbons (Fsp3) is 0.360. The Morgan fingerprint density at radius 1 is 1.18 bits per heavy atom. The van der Waals surface area contributed by atoms with Crippen molar-refractivity contribution in [2.75, 3.05) is 6.54 Å². The Kier molecular flexibility index (Phi) is 5.86. The van der Waals surface area contributed by atoms with Gasteiger partial charge < -0.3 is 15.2 Å². The predicted octanol–water partition coefficient (Wildman–Crippen LogP) is 2.30. The number of benzene rings is 2. The van der Waals surface area contributed by atoms with Gasteiger partial charge >= 0.3 is 0 Å². The van der Waals surface area contributed by atoms with Crippen molar-refractivity contribution in [3.63, 3.8) is 0 Å². The van der Waals surface area contributed by atoms with E-state index in [9.17, 15) is 14.3 Å². The van der Waals surface area contributed by atoms with E-state index in [1.54, 1.807) is 36.1 Å². The van der Waals surface area contributed by atoms with Crippen LogP contribution in [0.4, 0.5) is 4.39 Å². The normalized spacial score (nSPS) is 24.9. The molecule has 0 saturated heterocycles. The summed E-state index contributed by atoms with van der Waals surface area (Å²) in [5.74, 6) is -0.329. The van der Waals surface area contributed by atoms with E-state index >= 15 is 0 Å². The first kappa shape index (κ1) is 21.6. The highest BCUT2D eigenvalue weighted by atomic mass is 19.1. The van der Waals surface area contributed by atoms with Gasteiger partial charge in [0.2, 0.25) is 0 Å². The average molecular weight is 451 g/mol. The number of carbonyl (C=O) groups is 1. The summed E-state index contributed by atoms with van der Waals surface area (Å²) in [4.78, 5) is 15.1. The number of fused-ring (bicyclic) bond motifs is 1. The van der Waals surface area contributed by atoms with E-state index in [-0.39, 0.29) is 18.0 Å². The summed E-state index contributed by atoms with van der Waals surface area (Å²) < 4.78 is 21.2. The molecular formula is C25H27FN4O3. The Morgan fingerprint density at radius 2 is 2.00 bits per heavy atom. The molecule has 8 heteroatoms. The minimum Gasteiger partial charge on any atom is -0.487 e. The van der Waals surface area contributed by atoms with Gasteiger partial charge in [-0.05, 0) is 35.7 Å². The number of aryl methyl sites for hydroxylation is 1. The Balaban J connectivity index is 1.39. The summed E-state index contributed by atoms with van der Waals surface area (Å²) in [6.45, 7) is 1.45. The molecule has 3 aromatic rings. The predicted molar refractivity (Wildman–Crippen MR) is 120 cm³/mol. The van der Waals surface area contributed by atoms with Crippen molar-refractivity contribution in [1.82, 2.24) is 20.0 Å². The number of amides is 1. The molecule has 7 nitrogen and oxygen atoms in total. The van der Waals surface area contributed by atoms with Crippen LogP contribution in [-0.2, 0) is 20.0 Å². The fourth-order valence-electron chi connectivity index (χ4n) is 4.99. The van der Waals surface area contributed by atoms with E-state index < -0.39 is 18.0 Å². The first-order valence-corrected chi connectivity index (χ1v) is 11.2. The number of rotatable bonds is 5. The van der Waals surface area contributed by atoms with Crippen molar-refractivity contribution in [3.05, 3.63) is 83.4 Å². The molecule has 2 heterocycles. The number of nitrogens with one attached hydrogen (secondary N) is 1. The van der Waals surface area contributed by atoms with Crippen molar-refractivity contribution < 1.29 is 19.0 Å². The molecule has 0 radical (unpaired) electrons. The highest BCUT2D eigenvalue weighted by Gasteiger charge is 2.48. The van der Waals surface area contributed by atoms with Crippen LogP contribution >= 0.6 is 0 Å². The second kappa shape index (κ2) is 8.96. The number of nitrogens with zero attached hydrogens (tertiary/aromatic N) is 3. The van der Waals surface area contributed by atoms with Crippen molar-refractivity contribution >= 4 is 5.91 Å². The molecule has 0 bridgehead atoms. The van der Waals surface area contributed by atoms with Crippen molar-refractivity contribution in [1.29, 1.82) is 0 Å². The van der Waals surface area contributed by atoms with E-state index in [0.29, 0.717) is 24.4 Å². The van der Waals surface area contributed by atoms with Gasteiger partial charge in [0.25, 0.3) is 5.91 Å². The van der Waals surface area contributed by atoms with Gasteiger partial charge in [-0.1, -0.05) is 30.3 Å². The molecule has 2 aromatic carbocycles. The van der Waals surface area contributed by atoms with Gasteiger partial charge in [-0.25, -0.2) is 4.39 Å². The Labute approximate surface area is 191 Å². The molecule has 33 heavy (non-hydrogen) atoms. The minimum atomic E-state index is -0.854. The minimum absolute atomic E-state index is 0.290. The van der Waals surface area contributed by atoms with E-state index in [1.165, 1.54) is 23.3 Å². The van der Waals surface area contributed by atoms with Crippen molar-refractivity contribution in [2.45, 2.75) is 43.7 Å². The molecule has 1 aromatic heterocycles. The molecular weight excluding hydrogens is 423 g/mol. The summed E-state index contributed by atoms with van der Waals surface area (Å²) in [5.41, 5.74) is 2.85. The third-order valence-corrected chi connectivity index (χ3v) is 6.56. The molecule has 172 valence electrons. The number of halogens is 1. The number of aromatic nitrogens is 2. The molecule has 1 aliphatic heterocycles. The maximum atomic E-state index is 13.7. The zero-order chi connectivity index (χ0) is 22.9. The van der Waals surface area contributed by atoms with Gasteiger partial charge in [-0.3, -0.25) is 14.4 Å². The molecule has 4 atom stereocenters. The molecule has 2 aliphatic rings. The van der Waals surface area contributed by atoms with Crippen molar-refractivity contribution in [2.24, 2.45) is 7.05 Å². The zero-order valence-corrected chi connectivity index (χ0v) is 18.4. The van der Waals surface area contributed by atoms with E-state index in [4.69, 9.17) is 4.74 Å². The van der Waals surface area contributed by atoms with Crippen LogP contribution in [0.3, 0.4) is 0 Å². The average Bonchev–Trinajstić information content (AvgIpc) is 3.37.